The lowest BCUT2D eigenvalue weighted by Crippen LogP contribution is -2.43. The predicted molar refractivity (Wildman–Crippen MR) is 250 cm³/mol. The van der Waals surface area contributed by atoms with Crippen LogP contribution in [0.3, 0.4) is 0 Å². The molecular weight excluding hydrogens is 785 g/mol. The molecule has 1 saturated heterocycles. The van der Waals surface area contributed by atoms with Crippen LogP contribution in [0.1, 0.15) is 155 Å². The normalized spacial score (nSPS) is 18.3. The highest BCUT2D eigenvalue weighted by Gasteiger charge is 2.52. The standard InChI is InChI=1S/C51H84N2O9/c1-7-9-11-13-15-17-19-21-23-25-27-29-31-33-35-37-46(55)60-49-44(43-58-45(54)39-41-52(3)4)59-51(62-48(57)40-42-53(5)6)50(49)61-47(56)38-36-34-32-30-28-26-24-22-20-18-16-14-12-10-8-2/h9-12,15-18,21-24,44,49-51H,7-8,13-14,19-20,25-43H2,1-6H3/b11-9-,12-10-,17-15-,18-16-,23-21-,24-22-/t44-,49?,50+,51+/m1/s1. The van der Waals surface area contributed by atoms with Crippen LogP contribution in [0, 0.1) is 0 Å². The molecule has 0 radical (unpaired) electrons. The Kier molecular flexibility index (Phi) is 35.2. The van der Waals surface area contributed by atoms with Crippen LogP contribution < -0.4 is 0 Å². The van der Waals surface area contributed by atoms with E-state index in [0.717, 1.165) is 103 Å². The number of ether oxygens (including phenoxy) is 5. The summed E-state index contributed by atoms with van der Waals surface area (Å²) in [7, 11) is 7.41. The number of hydrogen-bond acceptors (Lipinski definition) is 11. The number of carbonyl (C=O) groups excluding carboxylic acids is 4. The Labute approximate surface area is 376 Å². The van der Waals surface area contributed by atoms with E-state index in [0.29, 0.717) is 25.9 Å². The quantitative estimate of drug-likeness (QED) is 0.0257. The number of esters is 4. The fourth-order valence-electron chi connectivity index (χ4n) is 6.45. The van der Waals surface area contributed by atoms with E-state index in [2.05, 4.69) is 86.8 Å². The van der Waals surface area contributed by atoms with Gasteiger partial charge in [0, 0.05) is 25.9 Å². The first-order valence-corrected chi connectivity index (χ1v) is 23.7. The van der Waals surface area contributed by atoms with E-state index in [1.54, 1.807) is 0 Å². The van der Waals surface area contributed by atoms with Crippen LogP contribution in [0.15, 0.2) is 72.9 Å². The van der Waals surface area contributed by atoms with Gasteiger partial charge < -0.3 is 33.5 Å². The molecule has 0 amide bonds. The van der Waals surface area contributed by atoms with E-state index in [1.807, 2.05) is 38.0 Å². The summed E-state index contributed by atoms with van der Waals surface area (Å²) in [5.41, 5.74) is 0. The average molecular weight is 869 g/mol. The van der Waals surface area contributed by atoms with Crippen LogP contribution in [-0.4, -0.2) is 106 Å². The van der Waals surface area contributed by atoms with Gasteiger partial charge >= 0.3 is 23.9 Å². The van der Waals surface area contributed by atoms with Crippen LogP contribution in [0.5, 0.6) is 0 Å². The van der Waals surface area contributed by atoms with Gasteiger partial charge in [-0.2, -0.15) is 0 Å². The largest absolute Gasteiger partial charge is 0.463 e. The maximum Gasteiger partial charge on any atom is 0.309 e. The summed E-state index contributed by atoms with van der Waals surface area (Å²) >= 11 is 0. The summed E-state index contributed by atoms with van der Waals surface area (Å²) < 4.78 is 29.2. The van der Waals surface area contributed by atoms with Crippen molar-refractivity contribution in [3.63, 3.8) is 0 Å². The van der Waals surface area contributed by atoms with Crippen molar-refractivity contribution in [3.05, 3.63) is 72.9 Å². The van der Waals surface area contributed by atoms with Crippen molar-refractivity contribution in [1.29, 1.82) is 0 Å². The molecule has 0 aromatic carbocycles. The van der Waals surface area contributed by atoms with Crippen molar-refractivity contribution in [1.82, 2.24) is 9.80 Å². The molecule has 1 rings (SSSR count). The zero-order valence-electron chi connectivity index (χ0n) is 39.5. The lowest BCUT2D eigenvalue weighted by Gasteiger charge is -2.24. The minimum Gasteiger partial charge on any atom is -0.463 e. The maximum absolute atomic E-state index is 13.3. The van der Waals surface area contributed by atoms with E-state index in [1.165, 1.54) is 0 Å². The highest BCUT2D eigenvalue weighted by atomic mass is 16.8. The molecule has 0 aliphatic carbocycles. The molecule has 1 aliphatic rings. The van der Waals surface area contributed by atoms with Crippen LogP contribution >= 0.6 is 0 Å². The molecule has 11 nitrogen and oxygen atoms in total. The second-order valence-corrected chi connectivity index (χ2v) is 16.4. The van der Waals surface area contributed by atoms with Crippen molar-refractivity contribution in [2.45, 2.75) is 180 Å². The molecule has 62 heavy (non-hydrogen) atoms. The van der Waals surface area contributed by atoms with Gasteiger partial charge in [0.05, 0.1) is 12.8 Å². The van der Waals surface area contributed by atoms with Gasteiger partial charge in [-0.05, 0) is 105 Å². The van der Waals surface area contributed by atoms with Crippen LogP contribution in [-0.2, 0) is 42.9 Å². The highest BCUT2D eigenvalue weighted by Crippen LogP contribution is 2.30. The summed E-state index contributed by atoms with van der Waals surface area (Å²) in [5.74, 6) is -1.97. The van der Waals surface area contributed by atoms with Crippen LogP contribution in [0.2, 0.25) is 0 Å². The van der Waals surface area contributed by atoms with Crippen molar-refractivity contribution < 1.29 is 42.9 Å². The van der Waals surface area contributed by atoms with E-state index in [4.69, 9.17) is 23.7 Å². The third-order valence-corrected chi connectivity index (χ3v) is 10.0. The monoisotopic (exact) mass is 869 g/mol. The molecule has 0 N–H and O–H groups in total. The van der Waals surface area contributed by atoms with Gasteiger partial charge in [-0.3, -0.25) is 19.2 Å². The second kappa shape index (κ2) is 38.8. The minimum atomic E-state index is -1.33. The summed E-state index contributed by atoms with van der Waals surface area (Å²) in [4.78, 5) is 55.8. The molecule has 0 bridgehead atoms. The molecule has 0 spiro atoms. The number of carbonyl (C=O) groups is 4. The predicted octanol–water partition coefficient (Wildman–Crippen LogP) is 10.7. The summed E-state index contributed by atoms with van der Waals surface area (Å²) in [6, 6.07) is 0. The van der Waals surface area contributed by atoms with E-state index in [9.17, 15) is 19.2 Å². The zero-order valence-corrected chi connectivity index (χ0v) is 39.5. The van der Waals surface area contributed by atoms with Gasteiger partial charge in [0.15, 0.2) is 6.10 Å². The topological polar surface area (TPSA) is 121 Å². The van der Waals surface area contributed by atoms with Crippen LogP contribution in [0.4, 0.5) is 0 Å². The van der Waals surface area contributed by atoms with Crippen LogP contribution in [0.25, 0.3) is 0 Å². The number of hydrogen-bond donors (Lipinski definition) is 0. The molecule has 0 aromatic heterocycles. The van der Waals surface area contributed by atoms with Gasteiger partial charge in [-0.1, -0.05) is 125 Å². The Morgan fingerprint density at radius 1 is 0.452 bits per heavy atom. The average Bonchev–Trinajstić information content (AvgIpc) is 3.54. The molecule has 4 atom stereocenters. The minimum absolute atomic E-state index is 0.0801. The summed E-state index contributed by atoms with van der Waals surface area (Å²) in [5, 5.41) is 0. The highest BCUT2D eigenvalue weighted by molar-refractivity contribution is 5.72. The Hall–Kier alpha value is -3.80. The lowest BCUT2D eigenvalue weighted by molar-refractivity contribution is -0.200. The first-order chi connectivity index (χ1) is 30.1. The van der Waals surface area contributed by atoms with E-state index >= 15 is 0 Å². The van der Waals surface area contributed by atoms with Crippen molar-refractivity contribution >= 4 is 23.9 Å². The lowest BCUT2D eigenvalue weighted by atomic mass is 10.1. The fourth-order valence-corrected chi connectivity index (χ4v) is 6.45. The van der Waals surface area contributed by atoms with Gasteiger partial charge in [-0.25, -0.2) is 0 Å². The van der Waals surface area contributed by atoms with Gasteiger partial charge in [0.25, 0.3) is 0 Å². The van der Waals surface area contributed by atoms with Gasteiger partial charge in [-0.15, -0.1) is 0 Å². The Balaban J connectivity index is 2.77. The SMILES string of the molecule is CC/C=C\C/C=C\C/C=C\CCCCCCCC(=O)OC1[C@@H](COC(=O)CCN(C)C)O[C@@H](OC(=O)CCN(C)C)[C@H]1OC(=O)CCCCCCC/C=C\C/C=C\C/C=C\CC. The van der Waals surface area contributed by atoms with Crippen molar-refractivity contribution in [2.75, 3.05) is 47.9 Å². The number of rotatable bonds is 37. The maximum atomic E-state index is 13.3. The number of unbranched alkanes of at least 4 members (excludes halogenated alkanes) is 10. The Morgan fingerprint density at radius 3 is 1.31 bits per heavy atom. The van der Waals surface area contributed by atoms with Gasteiger partial charge in [0.2, 0.25) is 12.4 Å². The molecule has 11 heteroatoms. The number of allylic oxidation sites excluding steroid dienone is 12. The molecule has 1 fully saturated rings. The molecule has 352 valence electrons. The smallest absolute Gasteiger partial charge is 0.309 e. The molecule has 1 heterocycles. The third-order valence-electron chi connectivity index (χ3n) is 10.0. The summed E-state index contributed by atoms with van der Waals surface area (Å²) in [6.45, 7) is 4.95. The molecule has 1 unspecified atom stereocenters. The van der Waals surface area contributed by atoms with E-state index in [-0.39, 0.29) is 32.3 Å². The third kappa shape index (κ3) is 32.0. The zero-order chi connectivity index (χ0) is 45.5. The molecule has 1 aliphatic heterocycles. The Bertz CT molecular complexity index is 1370. The van der Waals surface area contributed by atoms with Gasteiger partial charge in [0.1, 0.15) is 12.7 Å². The molecule has 0 aromatic rings. The van der Waals surface area contributed by atoms with E-state index < -0.39 is 48.5 Å². The fraction of sp³-hybridized carbons (Fsp3) is 0.686. The van der Waals surface area contributed by atoms with Crippen molar-refractivity contribution in [3.8, 4) is 0 Å². The molecule has 0 saturated carbocycles. The summed E-state index contributed by atoms with van der Waals surface area (Å²) in [6.07, 6.45) is 39.6. The van der Waals surface area contributed by atoms with Crippen molar-refractivity contribution in [2.24, 2.45) is 0 Å². The first-order valence-electron chi connectivity index (χ1n) is 23.7. The number of nitrogens with zero attached hydrogens (tertiary/aromatic N) is 2. The Morgan fingerprint density at radius 2 is 0.839 bits per heavy atom. The first kappa shape index (κ1) is 56.2. The molecular formula is C51H84N2O9. The second-order valence-electron chi connectivity index (χ2n) is 16.4.